The Morgan fingerprint density at radius 1 is 0.969 bits per heavy atom. The number of guanidine groups is 2. The Morgan fingerprint density at radius 2 is 1.69 bits per heavy atom. The molecule has 1 saturated carbocycles. The fourth-order valence-corrected chi connectivity index (χ4v) is 4.79. The lowest BCUT2D eigenvalue weighted by atomic mass is 9.87. The highest BCUT2D eigenvalue weighted by Crippen LogP contribution is 2.39. The number of hydrogen-bond donors (Lipinski definition) is 2. The number of hydrogen-bond acceptors (Lipinski definition) is 7. The van der Waals surface area contributed by atoms with Gasteiger partial charge in [0.15, 0.2) is 0 Å². The van der Waals surface area contributed by atoms with Gasteiger partial charge in [-0.25, -0.2) is 9.67 Å². The molecule has 0 amide bonds. The van der Waals surface area contributed by atoms with Gasteiger partial charge < -0.3 is 11.5 Å². The summed E-state index contributed by atoms with van der Waals surface area (Å²) in [6.07, 6.45) is 9.25. The topological polar surface area (TPSA) is 116 Å². The van der Waals surface area contributed by atoms with Crippen LogP contribution in [0.3, 0.4) is 0 Å². The molecule has 1 aliphatic carbocycles. The third-order valence-electron chi connectivity index (χ3n) is 6.36. The van der Waals surface area contributed by atoms with Crippen molar-refractivity contribution in [2.75, 3.05) is 4.90 Å². The number of aliphatic imine (C=N–C) groups is 2. The van der Waals surface area contributed by atoms with Gasteiger partial charge in [-0.3, -0.25) is 9.58 Å². The second-order valence-corrected chi connectivity index (χ2v) is 8.46. The highest BCUT2D eigenvalue weighted by atomic mass is 15.4. The molecule has 9 heteroatoms. The van der Waals surface area contributed by atoms with E-state index in [4.69, 9.17) is 21.6 Å². The van der Waals surface area contributed by atoms with Gasteiger partial charge >= 0.3 is 0 Å². The molecule has 0 atom stereocenters. The predicted octanol–water partition coefficient (Wildman–Crippen LogP) is 3.17. The van der Waals surface area contributed by atoms with Crippen LogP contribution in [0.5, 0.6) is 0 Å². The second-order valence-electron chi connectivity index (χ2n) is 8.46. The molecule has 0 radical (unpaired) electrons. The first-order chi connectivity index (χ1) is 15.5. The van der Waals surface area contributed by atoms with Gasteiger partial charge in [0, 0.05) is 30.2 Å². The number of benzene rings is 1. The van der Waals surface area contributed by atoms with Gasteiger partial charge in [0.05, 0.1) is 17.1 Å². The molecular weight excluding hydrogens is 402 g/mol. The van der Waals surface area contributed by atoms with E-state index in [9.17, 15) is 0 Å². The molecule has 4 N–H and O–H groups in total. The Morgan fingerprint density at radius 3 is 2.38 bits per heavy atom. The summed E-state index contributed by atoms with van der Waals surface area (Å²) in [7, 11) is 0. The first-order valence-electron chi connectivity index (χ1n) is 11.2. The van der Waals surface area contributed by atoms with Gasteiger partial charge in [-0.05, 0) is 69.9 Å². The molecule has 0 saturated heterocycles. The molecule has 0 bridgehead atoms. The third kappa shape index (κ3) is 3.43. The zero-order valence-electron chi connectivity index (χ0n) is 18.6. The zero-order chi connectivity index (χ0) is 22.3. The Kier molecular flexibility index (Phi) is 4.96. The maximum atomic E-state index is 6.34. The molecule has 32 heavy (non-hydrogen) atoms. The van der Waals surface area contributed by atoms with Crippen LogP contribution in [0, 0.1) is 6.92 Å². The van der Waals surface area contributed by atoms with Crippen molar-refractivity contribution < 1.29 is 0 Å². The first kappa shape index (κ1) is 20.3. The van der Waals surface area contributed by atoms with Crippen LogP contribution < -0.4 is 16.4 Å². The van der Waals surface area contributed by atoms with Crippen LogP contribution in [0.1, 0.15) is 44.7 Å². The molecule has 1 aliphatic heterocycles. The summed E-state index contributed by atoms with van der Waals surface area (Å²) in [5.41, 5.74) is 16.7. The summed E-state index contributed by atoms with van der Waals surface area (Å²) in [6, 6.07) is 10.2. The number of anilines is 1. The highest BCUT2D eigenvalue weighted by molar-refractivity contribution is 6.05. The van der Waals surface area contributed by atoms with Gasteiger partial charge in [-0.15, -0.1) is 0 Å². The Labute approximate surface area is 187 Å². The van der Waals surface area contributed by atoms with E-state index in [2.05, 4.69) is 17.0 Å². The maximum absolute atomic E-state index is 6.34. The maximum Gasteiger partial charge on any atom is 0.220 e. The van der Waals surface area contributed by atoms with Crippen molar-refractivity contribution in [3.05, 3.63) is 48.4 Å². The minimum absolute atomic E-state index is 0.267. The Balaban J connectivity index is 1.44. The average Bonchev–Trinajstić information content (AvgIpc) is 3.40. The van der Waals surface area contributed by atoms with Crippen molar-refractivity contribution in [3.63, 3.8) is 0 Å². The Hall–Kier alpha value is -3.62. The van der Waals surface area contributed by atoms with E-state index in [-0.39, 0.29) is 5.96 Å². The standard InChI is InChI=1S/C23H29N9/c1-3-30-15-19(16(2)28-30)20-11-14-31(29-20)17-7-9-18(10-8-17)32-22(25)26-21(24)27-23(32)12-5-4-6-13-23/h7-11,14-15H,3-6,12-13H2,1-2H3,(H4,24,25,26,27). The van der Waals surface area contributed by atoms with Crippen molar-refractivity contribution in [2.24, 2.45) is 21.5 Å². The fraction of sp³-hybridized carbons (Fsp3) is 0.391. The van der Waals surface area contributed by atoms with Crippen molar-refractivity contribution in [1.29, 1.82) is 0 Å². The lowest BCUT2D eigenvalue weighted by Crippen LogP contribution is -2.58. The molecule has 2 aliphatic rings. The molecule has 166 valence electrons. The van der Waals surface area contributed by atoms with Crippen LogP contribution in [0.15, 0.2) is 52.7 Å². The predicted molar refractivity (Wildman–Crippen MR) is 127 cm³/mol. The molecule has 1 fully saturated rings. The largest absolute Gasteiger partial charge is 0.369 e. The van der Waals surface area contributed by atoms with E-state index in [1.54, 1.807) is 0 Å². The molecule has 1 aromatic carbocycles. The van der Waals surface area contributed by atoms with Gasteiger partial charge in [0.1, 0.15) is 5.66 Å². The lowest BCUT2D eigenvalue weighted by Gasteiger charge is -2.45. The van der Waals surface area contributed by atoms with E-state index in [0.717, 1.165) is 60.6 Å². The monoisotopic (exact) mass is 431 g/mol. The van der Waals surface area contributed by atoms with Gasteiger partial charge in [-0.1, -0.05) is 6.42 Å². The van der Waals surface area contributed by atoms with E-state index in [0.29, 0.717) is 5.96 Å². The van der Waals surface area contributed by atoms with Gasteiger partial charge in [0.2, 0.25) is 11.9 Å². The van der Waals surface area contributed by atoms with E-state index >= 15 is 0 Å². The quantitative estimate of drug-likeness (QED) is 0.658. The summed E-state index contributed by atoms with van der Waals surface area (Å²) in [5, 5.41) is 9.30. The summed E-state index contributed by atoms with van der Waals surface area (Å²) in [6.45, 7) is 4.92. The van der Waals surface area contributed by atoms with E-state index in [1.807, 2.05) is 63.9 Å². The van der Waals surface area contributed by atoms with E-state index in [1.165, 1.54) is 6.42 Å². The highest BCUT2D eigenvalue weighted by Gasteiger charge is 2.42. The Bertz CT molecular complexity index is 1180. The van der Waals surface area contributed by atoms with Gasteiger partial charge in [-0.2, -0.15) is 15.2 Å². The molecule has 9 nitrogen and oxygen atoms in total. The third-order valence-corrected chi connectivity index (χ3v) is 6.36. The van der Waals surface area contributed by atoms with Crippen LogP contribution in [0.25, 0.3) is 16.9 Å². The van der Waals surface area contributed by atoms with E-state index < -0.39 is 5.66 Å². The van der Waals surface area contributed by atoms with Crippen molar-refractivity contribution in [3.8, 4) is 16.9 Å². The first-order valence-corrected chi connectivity index (χ1v) is 11.2. The minimum Gasteiger partial charge on any atom is -0.369 e. The summed E-state index contributed by atoms with van der Waals surface area (Å²) in [4.78, 5) is 11.0. The number of aromatic nitrogens is 4. The molecule has 5 rings (SSSR count). The van der Waals surface area contributed by atoms with Crippen LogP contribution in [0.2, 0.25) is 0 Å². The van der Waals surface area contributed by atoms with Crippen LogP contribution in [-0.4, -0.2) is 37.1 Å². The summed E-state index contributed by atoms with van der Waals surface area (Å²) < 4.78 is 3.81. The molecule has 3 aromatic rings. The number of nitrogens with zero attached hydrogens (tertiary/aromatic N) is 7. The molecule has 1 spiro atoms. The number of nitrogens with two attached hydrogens (primary N) is 2. The smallest absolute Gasteiger partial charge is 0.220 e. The summed E-state index contributed by atoms with van der Waals surface area (Å²) in [5.74, 6) is 0.667. The molecule has 3 heterocycles. The van der Waals surface area contributed by atoms with Crippen molar-refractivity contribution in [2.45, 2.75) is 58.2 Å². The van der Waals surface area contributed by atoms with Crippen LogP contribution in [0.4, 0.5) is 5.69 Å². The van der Waals surface area contributed by atoms with Gasteiger partial charge in [0.25, 0.3) is 0 Å². The zero-order valence-corrected chi connectivity index (χ0v) is 18.6. The van der Waals surface area contributed by atoms with Crippen molar-refractivity contribution >= 4 is 17.6 Å². The lowest BCUT2D eigenvalue weighted by molar-refractivity contribution is 0.305. The minimum atomic E-state index is -0.439. The van der Waals surface area contributed by atoms with Crippen LogP contribution in [-0.2, 0) is 6.54 Å². The normalized spacial score (nSPS) is 18.0. The number of rotatable bonds is 4. The molecule has 2 aromatic heterocycles. The van der Waals surface area contributed by atoms with Crippen molar-refractivity contribution in [1.82, 2.24) is 19.6 Å². The molecular formula is C23H29N9. The SMILES string of the molecule is CCn1cc(-c2ccn(-c3ccc(N4C(N)=NC(N)=NC45CCCCC5)cc3)n2)c(C)n1. The number of aryl methyl sites for hydroxylation is 2. The van der Waals surface area contributed by atoms with Crippen LogP contribution >= 0.6 is 0 Å². The summed E-state index contributed by atoms with van der Waals surface area (Å²) >= 11 is 0. The fourth-order valence-electron chi connectivity index (χ4n) is 4.79. The second kappa shape index (κ2) is 7.81. The molecule has 0 unspecified atom stereocenters. The average molecular weight is 432 g/mol.